The molecule has 1 unspecified atom stereocenters. The van der Waals surface area contributed by atoms with Crippen molar-refractivity contribution < 1.29 is 17.8 Å². The lowest BCUT2D eigenvalue weighted by molar-refractivity contribution is -0.121. The largest absolute Gasteiger partial charge is 0.355 e. The highest BCUT2D eigenvalue weighted by Gasteiger charge is 2.06. The van der Waals surface area contributed by atoms with E-state index in [1.54, 1.807) is 6.92 Å². The second-order valence-electron chi connectivity index (χ2n) is 3.15. The third-order valence-corrected chi connectivity index (χ3v) is 2.23. The molecule has 7 heteroatoms. The molecule has 0 bridgehead atoms. The Morgan fingerprint density at radius 2 is 2.14 bits per heavy atom. The van der Waals surface area contributed by atoms with Crippen molar-refractivity contribution in [3.05, 3.63) is 0 Å². The van der Waals surface area contributed by atoms with Gasteiger partial charge in [0.25, 0.3) is 10.1 Å². The lowest BCUT2D eigenvalue weighted by Gasteiger charge is -2.05. The van der Waals surface area contributed by atoms with Crippen molar-refractivity contribution in [1.29, 1.82) is 0 Å². The summed E-state index contributed by atoms with van der Waals surface area (Å²) in [5.74, 6) is -0.720. The molecule has 0 saturated heterocycles. The van der Waals surface area contributed by atoms with Crippen molar-refractivity contribution in [3.8, 4) is 0 Å². The van der Waals surface area contributed by atoms with E-state index in [-0.39, 0.29) is 24.9 Å². The number of carbonyl (C=O) groups excluding carboxylic acids is 1. The van der Waals surface area contributed by atoms with Crippen LogP contribution in [0, 0.1) is 0 Å². The van der Waals surface area contributed by atoms with Gasteiger partial charge in [0.15, 0.2) is 0 Å². The molecule has 0 aliphatic heterocycles. The van der Waals surface area contributed by atoms with Gasteiger partial charge in [-0.2, -0.15) is 8.42 Å². The molecule has 0 aromatic heterocycles. The van der Waals surface area contributed by atoms with Gasteiger partial charge in [0.2, 0.25) is 5.91 Å². The average Bonchev–Trinajstić information content (AvgIpc) is 1.98. The van der Waals surface area contributed by atoms with Gasteiger partial charge in [-0.3, -0.25) is 9.35 Å². The third kappa shape index (κ3) is 9.43. The Balaban J connectivity index is 3.55. The van der Waals surface area contributed by atoms with Crippen molar-refractivity contribution in [3.63, 3.8) is 0 Å². The number of carbonyl (C=O) groups is 1. The zero-order valence-corrected chi connectivity index (χ0v) is 8.88. The maximum Gasteiger partial charge on any atom is 0.266 e. The molecule has 0 fully saturated rings. The zero-order valence-electron chi connectivity index (χ0n) is 8.06. The zero-order chi connectivity index (χ0) is 11.2. The van der Waals surface area contributed by atoms with Crippen LogP contribution in [0.3, 0.4) is 0 Å². The van der Waals surface area contributed by atoms with E-state index < -0.39 is 15.9 Å². The van der Waals surface area contributed by atoms with Crippen LogP contribution in [0.25, 0.3) is 0 Å². The fourth-order valence-electron chi connectivity index (χ4n) is 0.767. The molecule has 6 nitrogen and oxygen atoms in total. The number of amides is 1. The van der Waals surface area contributed by atoms with Crippen molar-refractivity contribution in [2.45, 2.75) is 25.8 Å². The first-order valence-electron chi connectivity index (χ1n) is 4.28. The maximum absolute atomic E-state index is 11.0. The van der Waals surface area contributed by atoms with Crippen LogP contribution >= 0.6 is 0 Å². The predicted molar refractivity (Wildman–Crippen MR) is 52.3 cm³/mol. The Morgan fingerprint density at radius 1 is 1.57 bits per heavy atom. The van der Waals surface area contributed by atoms with Crippen LogP contribution in [-0.4, -0.2) is 37.2 Å². The summed E-state index contributed by atoms with van der Waals surface area (Å²) in [6.45, 7) is 1.71. The number of hydrogen-bond donors (Lipinski definition) is 3. The Bertz CT molecular complexity index is 273. The molecule has 1 atom stereocenters. The van der Waals surface area contributed by atoms with Crippen LogP contribution in [0.2, 0.25) is 0 Å². The van der Waals surface area contributed by atoms with Crippen LogP contribution < -0.4 is 11.1 Å². The van der Waals surface area contributed by atoms with Gasteiger partial charge in [-0.15, -0.1) is 0 Å². The first-order valence-corrected chi connectivity index (χ1v) is 5.89. The van der Waals surface area contributed by atoms with Gasteiger partial charge in [-0.25, -0.2) is 0 Å². The van der Waals surface area contributed by atoms with Gasteiger partial charge < -0.3 is 11.1 Å². The van der Waals surface area contributed by atoms with Crippen LogP contribution in [0.15, 0.2) is 0 Å². The first kappa shape index (κ1) is 13.3. The molecule has 14 heavy (non-hydrogen) atoms. The van der Waals surface area contributed by atoms with E-state index >= 15 is 0 Å². The molecule has 4 N–H and O–H groups in total. The molecular weight excluding hydrogens is 208 g/mol. The number of nitrogens with two attached hydrogens (primary N) is 1. The summed E-state index contributed by atoms with van der Waals surface area (Å²) in [5, 5.41) is 2.36. The third-order valence-electron chi connectivity index (χ3n) is 1.51. The predicted octanol–water partition coefficient (Wildman–Crippen LogP) is -0.882. The minimum Gasteiger partial charge on any atom is -0.355 e. The van der Waals surface area contributed by atoms with Crippen molar-refractivity contribution in [2.24, 2.45) is 5.73 Å². The monoisotopic (exact) mass is 224 g/mol. The van der Waals surface area contributed by atoms with Crippen molar-refractivity contribution in [2.75, 3.05) is 12.3 Å². The minimum absolute atomic E-state index is 0.0534. The molecular formula is C7H16N2O4S. The molecule has 0 aromatic carbocycles. The van der Waals surface area contributed by atoms with Gasteiger partial charge in [0.1, 0.15) is 0 Å². The van der Waals surface area contributed by atoms with Gasteiger partial charge in [0.05, 0.1) is 5.75 Å². The smallest absolute Gasteiger partial charge is 0.266 e. The molecule has 0 heterocycles. The van der Waals surface area contributed by atoms with E-state index in [0.29, 0.717) is 6.42 Å². The number of nitrogens with one attached hydrogen (secondary N) is 1. The summed E-state index contributed by atoms with van der Waals surface area (Å²) in [6, 6.07) is -0.0534. The Labute approximate surface area is 83.6 Å². The second-order valence-corrected chi connectivity index (χ2v) is 4.72. The van der Waals surface area contributed by atoms with Gasteiger partial charge in [0, 0.05) is 19.0 Å². The first-order chi connectivity index (χ1) is 6.31. The molecule has 0 radical (unpaired) electrons. The number of rotatable bonds is 6. The molecule has 0 saturated carbocycles. The van der Waals surface area contributed by atoms with Crippen LogP contribution in [0.5, 0.6) is 0 Å². The van der Waals surface area contributed by atoms with Crippen LogP contribution in [0.1, 0.15) is 19.8 Å². The average molecular weight is 224 g/mol. The number of hydrogen-bond acceptors (Lipinski definition) is 4. The summed E-state index contributed by atoms with van der Waals surface area (Å²) in [7, 11) is -3.99. The molecule has 0 rings (SSSR count). The second kappa shape index (κ2) is 5.94. The van der Waals surface area contributed by atoms with Crippen LogP contribution in [-0.2, 0) is 14.9 Å². The van der Waals surface area contributed by atoms with E-state index in [1.807, 2.05) is 0 Å². The fraction of sp³-hybridized carbons (Fsp3) is 0.857. The highest BCUT2D eigenvalue weighted by molar-refractivity contribution is 7.85. The van der Waals surface area contributed by atoms with Crippen LogP contribution in [0.4, 0.5) is 0 Å². The van der Waals surface area contributed by atoms with E-state index in [2.05, 4.69) is 5.32 Å². The topological polar surface area (TPSA) is 109 Å². The highest BCUT2D eigenvalue weighted by Crippen LogP contribution is 1.92. The molecule has 0 aliphatic rings. The molecule has 0 spiro atoms. The van der Waals surface area contributed by atoms with Gasteiger partial charge >= 0.3 is 0 Å². The van der Waals surface area contributed by atoms with E-state index in [4.69, 9.17) is 10.3 Å². The summed E-state index contributed by atoms with van der Waals surface area (Å²) >= 11 is 0. The fourth-order valence-corrected chi connectivity index (χ4v) is 1.13. The Kier molecular flexibility index (Phi) is 5.66. The molecule has 0 aliphatic carbocycles. The lowest BCUT2D eigenvalue weighted by atomic mass is 10.2. The van der Waals surface area contributed by atoms with Crippen molar-refractivity contribution >= 4 is 16.0 Å². The SMILES string of the molecule is CC(N)CCC(=O)NCCS(=O)(=O)O. The normalized spacial score (nSPS) is 13.6. The molecule has 84 valence electrons. The lowest BCUT2D eigenvalue weighted by Crippen LogP contribution is -2.30. The van der Waals surface area contributed by atoms with E-state index in [9.17, 15) is 13.2 Å². The molecule has 1 amide bonds. The van der Waals surface area contributed by atoms with E-state index in [0.717, 1.165) is 0 Å². The summed E-state index contributed by atoms with van der Waals surface area (Å²) in [4.78, 5) is 11.0. The summed E-state index contributed by atoms with van der Waals surface area (Å²) in [6.07, 6.45) is 0.820. The Morgan fingerprint density at radius 3 is 2.57 bits per heavy atom. The molecule has 0 aromatic rings. The maximum atomic E-state index is 11.0. The quantitative estimate of drug-likeness (QED) is 0.507. The highest BCUT2D eigenvalue weighted by atomic mass is 32.2. The van der Waals surface area contributed by atoms with E-state index in [1.165, 1.54) is 0 Å². The van der Waals surface area contributed by atoms with Crippen molar-refractivity contribution in [1.82, 2.24) is 5.32 Å². The van der Waals surface area contributed by atoms with Gasteiger partial charge in [-0.05, 0) is 13.3 Å². The van der Waals surface area contributed by atoms with Gasteiger partial charge in [-0.1, -0.05) is 0 Å². The summed E-state index contributed by atoms with van der Waals surface area (Å²) in [5.41, 5.74) is 5.42. The standard InChI is InChI=1S/C7H16N2O4S/c1-6(8)2-3-7(10)9-4-5-14(11,12)13/h6H,2-5,8H2,1H3,(H,9,10)(H,11,12,13). The summed E-state index contributed by atoms with van der Waals surface area (Å²) < 4.78 is 28.9. The minimum atomic E-state index is -3.99. The Hall–Kier alpha value is -0.660.